The number of anilines is 1. The van der Waals surface area contributed by atoms with Gasteiger partial charge in [0, 0.05) is 13.1 Å². The Morgan fingerprint density at radius 1 is 0.909 bits per heavy atom. The maximum atomic E-state index is 13.7. The fraction of sp³-hybridized carbons (Fsp3) is 0.429. The number of hydrogen-bond acceptors (Lipinski definition) is 4. The molecule has 2 heterocycles. The molecule has 0 saturated carbocycles. The van der Waals surface area contributed by atoms with Crippen LogP contribution in [0.1, 0.15) is 45.2 Å². The molecule has 2 atom stereocenters. The highest BCUT2D eigenvalue weighted by Crippen LogP contribution is 2.37. The van der Waals surface area contributed by atoms with Crippen molar-refractivity contribution in [3.05, 3.63) is 65.4 Å². The van der Waals surface area contributed by atoms with Crippen molar-refractivity contribution in [1.82, 2.24) is 4.90 Å². The monoisotopic (exact) mass is 446 g/mol. The smallest absolute Gasteiger partial charge is 0.282 e. The molecule has 2 amide bonds. The minimum atomic E-state index is -0.263. The summed E-state index contributed by atoms with van der Waals surface area (Å²) in [5, 5.41) is 0. The van der Waals surface area contributed by atoms with Crippen LogP contribution >= 0.6 is 0 Å². The summed E-state index contributed by atoms with van der Waals surface area (Å²) in [4.78, 5) is 30.9. The van der Waals surface area contributed by atoms with E-state index in [0.29, 0.717) is 41.3 Å². The van der Waals surface area contributed by atoms with E-state index in [1.54, 1.807) is 0 Å². The van der Waals surface area contributed by atoms with E-state index in [2.05, 4.69) is 32.6 Å². The van der Waals surface area contributed by atoms with E-state index in [1.807, 2.05) is 55.5 Å². The van der Waals surface area contributed by atoms with Gasteiger partial charge in [-0.1, -0.05) is 57.5 Å². The predicted octanol–water partition coefficient (Wildman–Crippen LogP) is 5.29. The number of ether oxygens (including phenoxy) is 1. The summed E-state index contributed by atoms with van der Waals surface area (Å²) in [7, 11) is 0. The molecule has 0 spiro atoms. The molecule has 0 N–H and O–H groups in total. The molecule has 0 bridgehead atoms. The van der Waals surface area contributed by atoms with Crippen molar-refractivity contribution in [3.63, 3.8) is 0 Å². The van der Waals surface area contributed by atoms with Gasteiger partial charge in [0.25, 0.3) is 11.8 Å². The number of amides is 2. The summed E-state index contributed by atoms with van der Waals surface area (Å²) >= 11 is 0. The van der Waals surface area contributed by atoms with Crippen molar-refractivity contribution in [2.24, 2.45) is 17.8 Å². The van der Waals surface area contributed by atoms with Gasteiger partial charge in [-0.05, 0) is 60.9 Å². The van der Waals surface area contributed by atoms with Crippen LogP contribution in [0.4, 0.5) is 5.69 Å². The molecule has 33 heavy (non-hydrogen) atoms. The third-order valence-corrected chi connectivity index (χ3v) is 6.26. The zero-order valence-corrected chi connectivity index (χ0v) is 20.3. The van der Waals surface area contributed by atoms with Crippen molar-refractivity contribution >= 4 is 23.1 Å². The number of likely N-dealkylation sites (tertiary alicyclic amines) is 1. The maximum absolute atomic E-state index is 13.7. The molecule has 1 fully saturated rings. The Hall–Kier alpha value is -3.08. The van der Waals surface area contributed by atoms with Gasteiger partial charge in [0.15, 0.2) is 0 Å². The lowest BCUT2D eigenvalue weighted by molar-refractivity contribution is -0.120. The van der Waals surface area contributed by atoms with Crippen LogP contribution in [0.25, 0.3) is 5.57 Å². The van der Waals surface area contributed by atoms with E-state index in [-0.39, 0.29) is 11.8 Å². The first-order valence-electron chi connectivity index (χ1n) is 11.9. The van der Waals surface area contributed by atoms with Gasteiger partial charge in [0.2, 0.25) is 0 Å². The molecular formula is C28H34N2O3. The van der Waals surface area contributed by atoms with Gasteiger partial charge in [0.05, 0.1) is 17.9 Å². The normalized spacial score (nSPS) is 21.4. The molecule has 1 saturated heterocycles. The third kappa shape index (κ3) is 4.82. The van der Waals surface area contributed by atoms with Crippen LogP contribution in [0.15, 0.2) is 54.2 Å². The number of carbonyl (C=O) groups is 2. The van der Waals surface area contributed by atoms with Crippen LogP contribution in [-0.2, 0) is 9.59 Å². The van der Waals surface area contributed by atoms with E-state index < -0.39 is 0 Å². The van der Waals surface area contributed by atoms with Gasteiger partial charge in [-0.2, -0.15) is 0 Å². The number of benzene rings is 2. The maximum Gasteiger partial charge on any atom is 0.282 e. The first kappa shape index (κ1) is 23.1. The minimum absolute atomic E-state index is 0.236. The summed E-state index contributed by atoms with van der Waals surface area (Å²) < 4.78 is 5.82. The summed E-state index contributed by atoms with van der Waals surface area (Å²) in [5.74, 6) is 1.62. The van der Waals surface area contributed by atoms with E-state index in [4.69, 9.17) is 4.74 Å². The molecule has 174 valence electrons. The molecule has 2 aliphatic rings. The van der Waals surface area contributed by atoms with Crippen LogP contribution < -0.4 is 9.64 Å². The van der Waals surface area contributed by atoms with Gasteiger partial charge in [-0.3, -0.25) is 9.59 Å². The number of aryl methyl sites for hydroxylation is 1. The summed E-state index contributed by atoms with van der Waals surface area (Å²) in [5.41, 5.74) is 3.45. The van der Waals surface area contributed by atoms with Crippen LogP contribution in [0, 0.1) is 24.7 Å². The highest BCUT2D eigenvalue weighted by molar-refractivity contribution is 6.45. The molecule has 0 radical (unpaired) electrons. The summed E-state index contributed by atoms with van der Waals surface area (Å²) in [6.45, 7) is 12.8. The van der Waals surface area contributed by atoms with Crippen LogP contribution in [0.2, 0.25) is 0 Å². The molecule has 0 aromatic heterocycles. The molecule has 2 aliphatic heterocycles. The fourth-order valence-corrected chi connectivity index (χ4v) is 4.83. The Bertz CT molecular complexity index is 1040. The predicted molar refractivity (Wildman–Crippen MR) is 132 cm³/mol. The van der Waals surface area contributed by atoms with Crippen LogP contribution in [-0.4, -0.2) is 36.4 Å². The number of piperidine rings is 1. The van der Waals surface area contributed by atoms with E-state index in [9.17, 15) is 9.59 Å². The van der Waals surface area contributed by atoms with Crippen molar-refractivity contribution in [1.29, 1.82) is 0 Å². The Balaban J connectivity index is 1.74. The lowest BCUT2D eigenvalue weighted by Gasteiger charge is -2.37. The molecule has 0 aliphatic carbocycles. The molecule has 2 aromatic rings. The summed E-state index contributed by atoms with van der Waals surface area (Å²) in [6, 6.07) is 15.1. The topological polar surface area (TPSA) is 49.9 Å². The third-order valence-electron chi connectivity index (χ3n) is 6.26. The van der Waals surface area contributed by atoms with Crippen molar-refractivity contribution in [3.8, 4) is 5.75 Å². The van der Waals surface area contributed by atoms with Crippen LogP contribution in [0.5, 0.6) is 5.75 Å². The minimum Gasteiger partial charge on any atom is -0.493 e. The van der Waals surface area contributed by atoms with Crippen molar-refractivity contribution < 1.29 is 14.3 Å². The number of hydrogen-bond donors (Lipinski definition) is 0. The van der Waals surface area contributed by atoms with E-state index in [1.165, 1.54) is 4.90 Å². The zero-order valence-electron chi connectivity index (χ0n) is 20.3. The van der Waals surface area contributed by atoms with Gasteiger partial charge in [-0.25, -0.2) is 4.90 Å². The lowest BCUT2D eigenvalue weighted by atomic mass is 9.91. The highest BCUT2D eigenvalue weighted by Gasteiger charge is 2.43. The molecule has 2 unspecified atom stereocenters. The van der Waals surface area contributed by atoms with E-state index in [0.717, 1.165) is 36.4 Å². The fourth-order valence-electron chi connectivity index (χ4n) is 4.83. The molecular weight excluding hydrogens is 412 g/mol. The standard InChI is InChI=1S/C28H34N2O3/c1-18(2)17-33-24-12-8-22(9-13-24)25-26(29-15-20(4)14-21(5)16-29)28(32)30(27(25)31)23-10-6-19(3)7-11-23/h6-13,18,20-21H,14-17H2,1-5H3. The van der Waals surface area contributed by atoms with Gasteiger partial charge in [-0.15, -0.1) is 0 Å². The Labute approximate surface area is 197 Å². The Morgan fingerprint density at radius 2 is 1.52 bits per heavy atom. The lowest BCUT2D eigenvalue weighted by Crippen LogP contribution is -2.42. The van der Waals surface area contributed by atoms with Crippen LogP contribution in [0.3, 0.4) is 0 Å². The molecule has 4 rings (SSSR count). The first-order chi connectivity index (χ1) is 15.7. The second-order valence-electron chi connectivity index (χ2n) is 10.1. The van der Waals surface area contributed by atoms with E-state index >= 15 is 0 Å². The number of carbonyl (C=O) groups excluding carboxylic acids is 2. The average molecular weight is 447 g/mol. The molecule has 5 heteroatoms. The van der Waals surface area contributed by atoms with Gasteiger partial charge >= 0.3 is 0 Å². The van der Waals surface area contributed by atoms with Crippen molar-refractivity contribution in [2.45, 2.75) is 41.0 Å². The largest absolute Gasteiger partial charge is 0.493 e. The van der Waals surface area contributed by atoms with Gasteiger partial charge in [0.1, 0.15) is 11.4 Å². The average Bonchev–Trinajstić information content (AvgIpc) is 3.03. The number of rotatable bonds is 6. The number of imide groups is 1. The Morgan fingerprint density at radius 3 is 2.09 bits per heavy atom. The SMILES string of the molecule is Cc1ccc(N2C(=O)C(c3ccc(OCC(C)C)cc3)=C(N3CC(C)CC(C)C3)C2=O)cc1. The zero-order chi connectivity index (χ0) is 23.7. The molecule has 2 aromatic carbocycles. The van der Waals surface area contributed by atoms with Crippen molar-refractivity contribution in [2.75, 3.05) is 24.6 Å². The summed E-state index contributed by atoms with van der Waals surface area (Å²) in [6.07, 6.45) is 1.13. The second kappa shape index (κ2) is 9.42. The quantitative estimate of drug-likeness (QED) is 0.566. The Kier molecular flexibility index (Phi) is 6.59. The van der Waals surface area contributed by atoms with Gasteiger partial charge < -0.3 is 9.64 Å². The molecule has 5 nitrogen and oxygen atoms in total. The highest BCUT2D eigenvalue weighted by atomic mass is 16.5. The first-order valence-corrected chi connectivity index (χ1v) is 11.9. The second-order valence-corrected chi connectivity index (χ2v) is 10.1. The number of nitrogens with zero attached hydrogens (tertiary/aromatic N) is 2.